The van der Waals surface area contributed by atoms with Crippen molar-refractivity contribution in [1.29, 1.82) is 0 Å². The molecule has 0 spiro atoms. The molecule has 0 radical (unpaired) electrons. The summed E-state index contributed by atoms with van der Waals surface area (Å²) in [7, 11) is 0. The number of aromatic nitrogens is 1. The van der Waals surface area contributed by atoms with E-state index < -0.39 is 28.7 Å². The first-order valence-corrected chi connectivity index (χ1v) is 11.5. The SMILES string of the molecule is Cc1noc(C)c1-c1cccc([C@H](NC(=O)c2cccc(C(F)(F)F)c2Cl)[C@@H]2CCCCN2)c1.Cl. The van der Waals surface area contributed by atoms with Gasteiger partial charge in [-0.1, -0.05) is 47.4 Å². The topological polar surface area (TPSA) is 67.2 Å². The van der Waals surface area contributed by atoms with E-state index in [1.165, 1.54) is 12.1 Å². The maximum absolute atomic E-state index is 13.3. The smallest absolute Gasteiger partial charge is 0.361 e. The zero-order chi connectivity index (χ0) is 24.5. The van der Waals surface area contributed by atoms with Crippen LogP contribution in [-0.2, 0) is 6.18 Å². The summed E-state index contributed by atoms with van der Waals surface area (Å²) in [6.45, 7) is 4.49. The van der Waals surface area contributed by atoms with Crippen LogP contribution >= 0.6 is 24.0 Å². The number of nitrogens with zero attached hydrogens (tertiary/aromatic N) is 1. The van der Waals surface area contributed by atoms with E-state index in [4.69, 9.17) is 16.1 Å². The van der Waals surface area contributed by atoms with E-state index in [1.807, 2.05) is 38.1 Å². The minimum Gasteiger partial charge on any atom is -0.361 e. The molecule has 5 nitrogen and oxygen atoms in total. The van der Waals surface area contributed by atoms with Crippen LogP contribution in [-0.4, -0.2) is 23.7 Å². The molecule has 2 aromatic carbocycles. The number of nitrogens with one attached hydrogen (secondary N) is 2. The molecule has 35 heavy (non-hydrogen) atoms. The first-order valence-electron chi connectivity index (χ1n) is 11.1. The molecule has 2 atom stereocenters. The number of halogens is 5. The van der Waals surface area contributed by atoms with Gasteiger partial charge >= 0.3 is 6.18 Å². The summed E-state index contributed by atoms with van der Waals surface area (Å²) >= 11 is 6.02. The first-order chi connectivity index (χ1) is 16.2. The zero-order valence-electron chi connectivity index (χ0n) is 19.2. The zero-order valence-corrected chi connectivity index (χ0v) is 20.8. The Morgan fingerprint density at radius 2 is 1.94 bits per heavy atom. The molecule has 188 valence electrons. The Balaban J connectivity index is 0.00000342. The predicted octanol–water partition coefficient (Wildman–Crippen LogP) is 6.67. The first kappa shape index (κ1) is 27.0. The van der Waals surface area contributed by atoms with Gasteiger partial charge in [-0.25, -0.2) is 0 Å². The molecular weight excluding hydrogens is 502 g/mol. The molecule has 0 unspecified atom stereocenters. The molecule has 1 amide bonds. The van der Waals surface area contributed by atoms with Gasteiger partial charge < -0.3 is 15.2 Å². The molecule has 2 heterocycles. The van der Waals surface area contributed by atoms with Crippen LogP contribution in [0.25, 0.3) is 11.1 Å². The summed E-state index contributed by atoms with van der Waals surface area (Å²) in [6, 6.07) is 10.5. The van der Waals surface area contributed by atoms with Crippen LogP contribution in [0, 0.1) is 13.8 Å². The average molecular weight is 528 g/mol. The van der Waals surface area contributed by atoms with Crippen LogP contribution in [0.3, 0.4) is 0 Å². The van der Waals surface area contributed by atoms with Crippen molar-refractivity contribution in [3.63, 3.8) is 0 Å². The van der Waals surface area contributed by atoms with Crippen molar-refractivity contribution in [2.45, 2.75) is 51.4 Å². The van der Waals surface area contributed by atoms with E-state index in [1.54, 1.807) is 0 Å². The number of hydrogen-bond donors (Lipinski definition) is 2. The molecule has 10 heteroatoms. The van der Waals surface area contributed by atoms with E-state index in [0.717, 1.165) is 54.3 Å². The highest BCUT2D eigenvalue weighted by atomic mass is 35.5. The number of aryl methyl sites for hydroxylation is 2. The van der Waals surface area contributed by atoms with Crippen molar-refractivity contribution in [1.82, 2.24) is 15.8 Å². The second kappa shape index (κ2) is 11.0. The van der Waals surface area contributed by atoms with E-state index in [9.17, 15) is 18.0 Å². The number of alkyl halides is 3. The Morgan fingerprint density at radius 3 is 2.57 bits per heavy atom. The monoisotopic (exact) mass is 527 g/mol. The summed E-state index contributed by atoms with van der Waals surface area (Å²) in [5.41, 5.74) is 2.11. The summed E-state index contributed by atoms with van der Waals surface area (Å²) in [5, 5.41) is 9.81. The summed E-state index contributed by atoms with van der Waals surface area (Å²) in [6.07, 6.45) is -1.83. The van der Waals surface area contributed by atoms with Crippen LogP contribution in [0.5, 0.6) is 0 Å². The molecule has 1 saturated heterocycles. The van der Waals surface area contributed by atoms with Gasteiger partial charge in [-0.2, -0.15) is 13.2 Å². The number of benzene rings is 2. The van der Waals surface area contributed by atoms with E-state index in [-0.39, 0.29) is 24.0 Å². The highest BCUT2D eigenvalue weighted by Gasteiger charge is 2.35. The second-order valence-corrected chi connectivity index (χ2v) is 8.88. The Kier molecular flexibility index (Phi) is 8.51. The minimum atomic E-state index is -4.65. The molecule has 1 aliphatic rings. The van der Waals surface area contributed by atoms with Gasteiger partial charge in [0.15, 0.2) is 0 Å². The van der Waals surface area contributed by atoms with Gasteiger partial charge in [-0.05, 0) is 62.6 Å². The fourth-order valence-electron chi connectivity index (χ4n) is 4.51. The fraction of sp³-hybridized carbons (Fsp3) is 0.360. The Morgan fingerprint density at radius 1 is 1.20 bits per heavy atom. The number of piperidine rings is 1. The number of carbonyl (C=O) groups is 1. The molecule has 2 N–H and O–H groups in total. The lowest BCUT2D eigenvalue weighted by Crippen LogP contribution is -2.46. The normalized spacial score (nSPS) is 16.9. The van der Waals surface area contributed by atoms with Gasteiger partial charge in [-0.15, -0.1) is 12.4 Å². The number of amides is 1. The largest absolute Gasteiger partial charge is 0.417 e. The van der Waals surface area contributed by atoms with Gasteiger partial charge in [0, 0.05) is 11.6 Å². The van der Waals surface area contributed by atoms with Gasteiger partial charge in [0.25, 0.3) is 5.91 Å². The summed E-state index contributed by atoms with van der Waals surface area (Å²) in [5.74, 6) is 0.0259. The van der Waals surface area contributed by atoms with Crippen molar-refractivity contribution in [3.8, 4) is 11.1 Å². The average Bonchev–Trinajstić information content (AvgIpc) is 3.15. The molecule has 1 aromatic heterocycles. The molecule has 0 saturated carbocycles. The summed E-state index contributed by atoms with van der Waals surface area (Å²) < 4.78 is 45.2. The van der Waals surface area contributed by atoms with E-state index in [2.05, 4.69) is 15.8 Å². The fourth-order valence-corrected chi connectivity index (χ4v) is 4.83. The van der Waals surface area contributed by atoms with Crippen LogP contribution in [0.4, 0.5) is 13.2 Å². The molecule has 0 aliphatic carbocycles. The Labute approximate surface area is 212 Å². The van der Waals surface area contributed by atoms with Crippen molar-refractivity contribution in [3.05, 3.63) is 75.6 Å². The lowest BCUT2D eigenvalue weighted by Gasteiger charge is -2.32. The number of hydrogen-bond acceptors (Lipinski definition) is 4. The van der Waals surface area contributed by atoms with E-state index in [0.29, 0.717) is 5.76 Å². The highest BCUT2D eigenvalue weighted by Crippen LogP contribution is 2.37. The van der Waals surface area contributed by atoms with Crippen LogP contribution < -0.4 is 10.6 Å². The number of rotatable bonds is 5. The van der Waals surface area contributed by atoms with Gasteiger partial charge in [0.05, 0.1) is 27.9 Å². The molecule has 3 aromatic rings. The third kappa shape index (κ3) is 5.82. The highest BCUT2D eigenvalue weighted by molar-refractivity contribution is 6.34. The van der Waals surface area contributed by atoms with Crippen molar-refractivity contribution >= 4 is 29.9 Å². The minimum absolute atomic E-state index is 0. The summed E-state index contributed by atoms with van der Waals surface area (Å²) in [4.78, 5) is 13.2. The maximum Gasteiger partial charge on any atom is 0.417 e. The van der Waals surface area contributed by atoms with Crippen LogP contribution in [0.2, 0.25) is 5.02 Å². The van der Waals surface area contributed by atoms with Crippen LogP contribution in [0.15, 0.2) is 47.0 Å². The molecule has 1 fully saturated rings. The molecular formula is C25H26Cl2F3N3O2. The third-order valence-corrected chi connectivity index (χ3v) is 6.56. The van der Waals surface area contributed by atoms with Crippen molar-refractivity contribution in [2.75, 3.05) is 6.54 Å². The van der Waals surface area contributed by atoms with E-state index >= 15 is 0 Å². The Bertz CT molecular complexity index is 1170. The standard InChI is InChI=1S/C25H25ClF3N3O2.ClH/c1-14-21(15(2)34-32-14)16-7-5-8-17(13-16)23(20-11-3-4-12-30-20)31-24(33)18-9-6-10-19(22(18)26)25(27,28)29;/h5-10,13,20,23,30H,3-4,11-12H2,1-2H3,(H,31,33);1H/t20-,23-;/m0./s1. The molecule has 4 rings (SSSR count). The van der Waals surface area contributed by atoms with Gasteiger partial charge in [-0.3, -0.25) is 4.79 Å². The molecule has 1 aliphatic heterocycles. The van der Waals surface area contributed by atoms with Crippen LogP contribution in [0.1, 0.15) is 58.2 Å². The maximum atomic E-state index is 13.3. The van der Waals surface area contributed by atoms with Gasteiger partial charge in [0.1, 0.15) is 5.76 Å². The second-order valence-electron chi connectivity index (χ2n) is 8.50. The van der Waals surface area contributed by atoms with Gasteiger partial charge in [0.2, 0.25) is 0 Å². The van der Waals surface area contributed by atoms with Crippen molar-refractivity contribution in [2.24, 2.45) is 0 Å². The van der Waals surface area contributed by atoms with Crippen molar-refractivity contribution < 1.29 is 22.5 Å². The predicted molar refractivity (Wildman–Crippen MR) is 131 cm³/mol. The quantitative estimate of drug-likeness (QED) is 0.389. The Hall–Kier alpha value is -2.55. The lowest BCUT2D eigenvalue weighted by molar-refractivity contribution is -0.137. The lowest BCUT2D eigenvalue weighted by atomic mass is 9.90. The molecule has 0 bridgehead atoms. The number of carbonyl (C=O) groups excluding carboxylic acids is 1. The third-order valence-electron chi connectivity index (χ3n) is 6.15.